The molecule has 38 heavy (non-hydrogen) atoms. The fourth-order valence-corrected chi connectivity index (χ4v) is 4.92. The maximum Gasteiger partial charge on any atom is 0.182 e. The number of aliphatic hydroxyl groups excluding tert-OH is 1. The quantitative estimate of drug-likeness (QED) is 0.181. The van der Waals surface area contributed by atoms with Crippen LogP contribution in [0.5, 0.6) is 0 Å². The van der Waals surface area contributed by atoms with Crippen LogP contribution in [0.4, 0.5) is 17.3 Å². The summed E-state index contributed by atoms with van der Waals surface area (Å²) in [5.74, 6) is 1.42. The molecule has 1 aromatic heterocycles. The Morgan fingerprint density at radius 1 is 0.763 bits per heavy atom. The van der Waals surface area contributed by atoms with Crippen LogP contribution in [0.25, 0.3) is 22.2 Å². The number of anilines is 3. The number of nitrogens with zero attached hydrogens (tertiary/aromatic N) is 2. The van der Waals surface area contributed by atoms with E-state index in [0.29, 0.717) is 22.4 Å². The van der Waals surface area contributed by atoms with Crippen LogP contribution in [-0.2, 0) is 11.0 Å². The third-order valence-electron chi connectivity index (χ3n) is 5.82. The van der Waals surface area contributed by atoms with Gasteiger partial charge in [0.2, 0.25) is 0 Å². The average molecular weight is 590 g/mol. The second-order valence-electron chi connectivity index (χ2n) is 8.72. The van der Waals surface area contributed by atoms with E-state index in [2.05, 4.69) is 76.2 Å². The van der Waals surface area contributed by atoms with E-state index in [1.54, 1.807) is 0 Å². The monoisotopic (exact) mass is 588 g/mol. The molecule has 5 aromatic rings. The lowest BCUT2D eigenvalue weighted by Crippen LogP contribution is -2.10. The van der Waals surface area contributed by atoms with Crippen molar-refractivity contribution in [2.24, 2.45) is 0 Å². The van der Waals surface area contributed by atoms with Gasteiger partial charge in [-0.05, 0) is 71.1 Å². The van der Waals surface area contributed by atoms with Gasteiger partial charge in [0.15, 0.2) is 22.6 Å². The summed E-state index contributed by atoms with van der Waals surface area (Å²) in [5, 5.41) is 10.4. The zero-order chi connectivity index (χ0) is 27.1. The Morgan fingerprint density at radius 2 is 1.39 bits per heavy atom. The zero-order valence-electron chi connectivity index (χ0n) is 21.4. The second kappa shape index (κ2) is 12.8. The first-order valence-electron chi connectivity index (χ1n) is 12.1. The standard InChI is InChI=1S/C29H25BrN4OS.CH4O/c1-19(2)20-10-12-21(13-11-20)22-6-5-7-24(18-22)31-28-29(33-27-9-4-3-8-26(27)32-28)34-36(35)25-16-14-23(30)15-17-25;1-2/h3-19H,1-2H3,(H,31,32)(H,33,34);2H,1H3. The van der Waals surface area contributed by atoms with Gasteiger partial charge in [-0.1, -0.05) is 78.3 Å². The van der Waals surface area contributed by atoms with Crippen LogP contribution in [0.3, 0.4) is 0 Å². The maximum absolute atomic E-state index is 13.1. The molecule has 1 unspecified atom stereocenters. The van der Waals surface area contributed by atoms with Gasteiger partial charge in [-0.25, -0.2) is 14.2 Å². The molecule has 0 spiro atoms. The van der Waals surface area contributed by atoms with Crippen molar-refractivity contribution in [1.29, 1.82) is 0 Å². The number of nitrogens with one attached hydrogen (secondary N) is 2. The Balaban J connectivity index is 0.00000164. The Kier molecular flexibility index (Phi) is 9.23. The SMILES string of the molecule is CC(C)c1ccc(-c2cccc(Nc3nc4ccccc4nc3NS(=O)c3ccc(Br)cc3)c2)cc1.CO. The highest BCUT2D eigenvalue weighted by Crippen LogP contribution is 2.29. The van der Waals surface area contributed by atoms with Crippen LogP contribution < -0.4 is 10.0 Å². The third kappa shape index (κ3) is 6.64. The summed E-state index contributed by atoms with van der Waals surface area (Å²) in [5.41, 5.74) is 5.88. The van der Waals surface area contributed by atoms with Gasteiger partial charge in [-0.15, -0.1) is 0 Å². The van der Waals surface area contributed by atoms with Gasteiger partial charge in [-0.3, -0.25) is 4.72 Å². The van der Waals surface area contributed by atoms with Gasteiger partial charge >= 0.3 is 0 Å². The summed E-state index contributed by atoms with van der Waals surface area (Å²) in [6.07, 6.45) is 0. The molecule has 1 atom stereocenters. The molecular formula is C30H29BrN4O2S. The molecule has 8 heteroatoms. The highest BCUT2D eigenvalue weighted by atomic mass is 79.9. The summed E-state index contributed by atoms with van der Waals surface area (Å²) in [6, 6.07) is 31.8. The molecule has 0 saturated carbocycles. The van der Waals surface area contributed by atoms with Crippen molar-refractivity contribution in [1.82, 2.24) is 9.97 Å². The van der Waals surface area contributed by atoms with E-state index >= 15 is 0 Å². The van der Waals surface area contributed by atoms with Crippen LogP contribution in [0, 0.1) is 0 Å². The molecule has 0 amide bonds. The van der Waals surface area contributed by atoms with E-state index in [4.69, 9.17) is 15.1 Å². The van der Waals surface area contributed by atoms with Crippen LogP contribution in [-0.4, -0.2) is 26.4 Å². The lowest BCUT2D eigenvalue weighted by atomic mass is 9.98. The molecule has 0 aliphatic carbocycles. The summed E-state index contributed by atoms with van der Waals surface area (Å²) < 4.78 is 17.0. The van der Waals surface area contributed by atoms with E-state index in [-0.39, 0.29) is 0 Å². The zero-order valence-corrected chi connectivity index (χ0v) is 23.8. The lowest BCUT2D eigenvalue weighted by Gasteiger charge is -2.14. The molecule has 194 valence electrons. The van der Waals surface area contributed by atoms with E-state index in [1.807, 2.05) is 60.7 Å². The number of fused-ring (bicyclic) bond motifs is 1. The van der Waals surface area contributed by atoms with Crippen LogP contribution >= 0.6 is 15.9 Å². The number of benzene rings is 4. The van der Waals surface area contributed by atoms with Crippen LogP contribution in [0.2, 0.25) is 0 Å². The van der Waals surface area contributed by atoms with Crippen molar-refractivity contribution >= 4 is 55.3 Å². The van der Waals surface area contributed by atoms with Gasteiger partial charge in [0, 0.05) is 17.3 Å². The fraction of sp³-hybridized carbons (Fsp3) is 0.133. The number of rotatable bonds is 7. The molecule has 0 fully saturated rings. The summed E-state index contributed by atoms with van der Waals surface area (Å²) in [4.78, 5) is 10.2. The molecule has 3 N–H and O–H groups in total. The topological polar surface area (TPSA) is 87.1 Å². The molecular weight excluding hydrogens is 560 g/mol. The molecule has 0 radical (unpaired) electrons. The molecule has 4 aromatic carbocycles. The van der Waals surface area contributed by atoms with Gasteiger partial charge in [0.1, 0.15) is 0 Å². The molecule has 0 saturated heterocycles. The highest BCUT2D eigenvalue weighted by Gasteiger charge is 2.14. The van der Waals surface area contributed by atoms with Gasteiger partial charge in [0.25, 0.3) is 0 Å². The summed E-state index contributed by atoms with van der Waals surface area (Å²) in [6.45, 7) is 4.39. The van der Waals surface area contributed by atoms with E-state index < -0.39 is 11.0 Å². The molecule has 1 heterocycles. The first-order valence-corrected chi connectivity index (χ1v) is 14.0. The number of halogens is 1. The largest absolute Gasteiger partial charge is 0.400 e. The van der Waals surface area contributed by atoms with Crippen molar-refractivity contribution in [2.75, 3.05) is 17.1 Å². The first kappa shape index (κ1) is 27.4. The lowest BCUT2D eigenvalue weighted by molar-refractivity contribution is 0.399. The molecule has 0 aliphatic heterocycles. The number of para-hydroxylation sites is 2. The normalized spacial score (nSPS) is 11.5. The van der Waals surface area contributed by atoms with Crippen LogP contribution in [0.1, 0.15) is 25.3 Å². The predicted molar refractivity (Wildman–Crippen MR) is 161 cm³/mol. The minimum atomic E-state index is -1.51. The van der Waals surface area contributed by atoms with E-state index in [0.717, 1.165) is 39.4 Å². The van der Waals surface area contributed by atoms with Gasteiger partial charge < -0.3 is 10.4 Å². The Morgan fingerprint density at radius 3 is 2.03 bits per heavy atom. The second-order valence-corrected chi connectivity index (χ2v) is 10.8. The Labute approximate surface area is 233 Å². The van der Waals surface area contributed by atoms with Crippen molar-refractivity contribution in [3.8, 4) is 11.1 Å². The minimum Gasteiger partial charge on any atom is -0.400 e. The summed E-state index contributed by atoms with van der Waals surface area (Å²) >= 11 is 3.42. The van der Waals surface area contributed by atoms with Crippen molar-refractivity contribution in [3.05, 3.63) is 107 Å². The predicted octanol–water partition coefficient (Wildman–Crippen LogP) is 7.67. The molecule has 0 bridgehead atoms. The highest BCUT2D eigenvalue weighted by molar-refractivity contribution is 9.10. The fourth-order valence-electron chi connectivity index (χ4n) is 3.84. The van der Waals surface area contributed by atoms with Crippen molar-refractivity contribution in [2.45, 2.75) is 24.7 Å². The van der Waals surface area contributed by atoms with Gasteiger partial charge in [-0.2, -0.15) is 0 Å². The number of hydrogen-bond donors (Lipinski definition) is 3. The number of aliphatic hydroxyl groups is 1. The first-order chi connectivity index (χ1) is 18.5. The van der Waals surface area contributed by atoms with Crippen molar-refractivity contribution < 1.29 is 9.32 Å². The molecule has 0 aliphatic rings. The minimum absolute atomic E-state index is 0.418. The smallest absolute Gasteiger partial charge is 0.182 e. The number of hydrogen-bond acceptors (Lipinski definition) is 5. The Bertz CT molecular complexity index is 1540. The van der Waals surface area contributed by atoms with E-state index in [1.165, 1.54) is 5.56 Å². The van der Waals surface area contributed by atoms with E-state index in [9.17, 15) is 4.21 Å². The van der Waals surface area contributed by atoms with Crippen molar-refractivity contribution in [3.63, 3.8) is 0 Å². The van der Waals surface area contributed by atoms with Gasteiger partial charge in [0.05, 0.1) is 15.9 Å². The average Bonchev–Trinajstić information content (AvgIpc) is 2.95. The summed E-state index contributed by atoms with van der Waals surface area (Å²) in [7, 11) is -0.508. The Hall–Kier alpha value is -3.59. The maximum atomic E-state index is 13.1. The molecule has 6 nitrogen and oxygen atoms in total. The number of aromatic nitrogens is 2. The molecule has 5 rings (SSSR count). The third-order valence-corrected chi connectivity index (χ3v) is 7.43. The van der Waals surface area contributed by atoms with Crippen LogP contribution in [0.15, 0.2) is 106 Å².